The number of anilines is 1. The van der Waals surface area contributed by atoms with E-state index in [9.17, 15) is 4.79 Å². The zero-order chi connectivity index (χ0) is 26.7. The minimum atomic E-state index is -0.749. The molecule has 3 aromatic carbocycles. The SMILES string of the molecule is CC/C=C(\C=C/C[C@]1(c2ccc(OCC3CO3)cc2)c2ccccc2C(=O)N1c1ccccc1)OCC1CO1. The van der Waals surface area contributed by atoms with Crippen LogP contribution in [0, 0.1) is 0 Å². The molecule has 0 saturated carbocycles. The van der Waals surface area contributed by atoms with E-state index in [4.69, 9.17) is 18.9 Å². The van der Waals surface area contributed by atoms with Crippen LogP contribution in [0.15, 0.2) is 103 Å². The normalized spacial score (nSPS) is 23.7. The Morgan fingerprint density at radius 3 is 2.36 bits per heavy atom. The number of amides is 1. The summed E-state index contributed by atoms with van der Waals surface area (Å²) in [7, 11) is 0. The molecule has 3 aliphatic heterocycles. The lowest BCUT2D eigenvalue weighted by Crippen LogP contribution is -2.44. The molecule has 39 heavy (non-hydrogen) atoms. The molecule has 0 N–H and O–H groups in total. The molecule has 6 rings (SSSR count). The van der Waals surface area contributed by atoms with Crippen molar-refractivity contribution in [2.45, 2.75) is 37.5 Å². The van der Waals surface area contributed by atoms with Gasteiger partial charge in [-0.15, -0.1) is 0 Å². The van der Waals surface area contributed by atoms with E-state index in [0.29, 0.717) is 25.2 Å². The van der Waals surface area contributed by atoms with Crippen LogP contribution in [-0.2, 0) is 19.7 Å². The summed E-state index contributed by atoms with van der Waals surface area (Å²) in [4.78, 5) is 16.0. The first-order valence-corrected chi connectivity index (χ1v) is 13.6. The monoisotopic (exact) mass is 523 g/mol. The van der Waals surface area contributed by atoms with E-state index in [1.54, 1.807) is 0 Å². The molecule has 3 heterocycles. The molecule has 6 heteroatoms. The first kappa shape index (κ1) is 25.4. The predicted molar refractivity (Wildman–Crippen MR) is 150 cm³/mol. The lowest BCUT2D eigenvalue weighted by Gasteiger charge is -2.39. The summed E-state index contributed by atoms with van der Waals surface area (Å²) in [5, 5.41) is 0. The quantitative estimate of drug-likeness (QED) is 0.165. The van der Waals surface area contributed by atoms with Gasteiger partial charge in [0.2, 0.25) is 0 Å². The van der Waals surface area contributed by atoms with E-state index in [2.05, 4.69) is 37.3 Å². The molecule has 3 atom stereocenters. The van der Waals surface area contributed by atoms with Crippen LogP contribution >= 0.6 is 0 Å². The fourth-order valence-electron chi connectivity index (χ4n) is 5.22. The number of hydrogen-bond donors (Lipinski definition) is 0. The summed E-state index contributed by atoms with van der Waals surface area (Å²) in [5.41, 5.74) is 2.81. The lowest BCUT2D eigenvalue weighted by molar-refractivity contribution is 0.0982. The molecule has 0 spiro atoms. The molecule has 3 aromatic rings. The van der Waals surface area contributed by atoms with Gasteiger partial charge in [-0.2, -0.15) is 0 Å². The maximum absolute atomic E-state index is 14.0. The molecule has 2 unspecified atom stereocenters. The molecule has 0 bridgehead atoms. The van der Waals surface area contributed by atoms with Crippen molar-refractivity contribution < 1.29 is 23.7 Å². The number of epoxide rings is 2. The number of benzene rings is 3. The zero-order valence-corrected chi connectivity index (χ0v) is 22.1. The summed E-state index contributed by atoms with van der Waals surface area (Å²) < 4.78 is 22.5. The van der Waals surface area contributed by atoms with Crippen molar-refractivity contribution >= 4 is 11.6 Å². The molecule has 1 amide bonds. The Balaban J connectivity index is 1.41. The van der Waals surface area contributed by atoms with Gasteiger partial charge in [-0.25, -0.2) is 0 Å². The van der Waals surface area contributed by atoms with E-state index < -0.39 is 5.54 Å². The third kappa shape index (κ3) is 5.35. The van der Waals surface area contributed by atoms with Gasteiger partial charge in [0.15, 0.2) is 0 Å². The lowest BCUT2D eigenvalue weighted by atomic mass is 9.79. The summed E-state index contributed by atoms with van der Waals surface area (Å²) in [5.74, 6) is 1.59. The Kier molecular flexibility index (Phi) is 7.22. The molecule has 200 valence electrons. The summed E-state index contributed by atoms with van der Waals surface area (Å²) >= 11 is 0. The van der Waals surface area contributed by atoms with Crippen molar-refractivity contribution in [3.63, 3.8) is 0 Å². The van der Waals surface area contributed by atoms with Crippen LogP contribution in [0.3, 0.4) is 0 Å². The minimum absolute atomic E-state index is 0.0112. The van der Waals surface area contributed by atoms with Crippen molar-refractivity contribution in [1.29, 1.82) is 0 Å². The Morgan fingerprint density at radius 2 is 1.64 bits per heavy atom. The average Bonchev–Trinajstić information content (AvgIpc) is 3.91. The van der Waals surface area contributed by atoms with Crippen LogP contribution in [0.4, 0.5) is 5.69 Å². The van der Waals surface area contributed by atoms with Crippen molar-refractivity contribution in [2.24, 2.45) is 0 Å². The van der Waals surface area contributed by atoms with Crippen LogP contribution in [0.2, 0.25) is 0 Å². The van der Waals surface area contributed by atoms with Gasteiger partial charge in [0, 0.05) is 11.3 Å². The van der Waals surface area contributed by atoms with Gasteiger partial charge in [-0.05, 0) is 66.5 Å². The standard InChI is InChI=1S/C33H33NO5/c1-2-9-26(36-20-28-22-38-28)12-8-19-33(24-15-17-27(18-16-24)37-21-29-23-39-29)31-14-7-6-13-30(31)32(35)34(33)25-10-4-3-5-11-25/h3-18,28-29H,2,19-23H2,1H3/b12-8-,26-9+/t28?,29?,33-/m0/s1. The van der Waals surface area contributed by atoms with Crippen molar-refractivity contribution in [1.82, 2.24) is 0 Å². The summed E-state index contributed by atoms with van der Waals surface area (Å²) in [6.45, 7) is 4.69. The van der Waals surface area contributed by atoms with E-state index in [-0.39, 0.29) is 18.1 Å². The van der Waals surface area contributed by atoms with E-state index in [1.165, 1.54) is 0 Å². The Bertz CT molecular complexity index is 1360. The number of rotatable bonds is 12. The number of para-hydroxylation sites is 1. The highest BCUT2D eigenvalue weighted by atomic mass is 16.6. The highest BCUT2D eigenvalue weighted by Gasteiger charge is 2.50. The number of hydrogen-bond acceptors (Lipinski definition) is 5. The third-order valence-corrected chi connectivity index (χ3v) is 7.31. The molecule has 0 aromatic heterocycles. The van der Waals surface area contributed by atoms with Crippen LogP contribution < -0.4 is 9.64 Å². The molecule has 0 aliphatic carbocycles. The highest BCUT2D eigenvalue weighted by molar-refractivity contribution is 6.13. The zero-order valence-electron chi connectivity index (χ0n) is 22.1. The van der Waals surface area contributed by atoms with Gasteiger partial charge in [-0.1, -0.05) is 61.5 Å². The number of ether oxygens (including phenoxy) is 4. The Labute approximate surface area is 229 Å². The van der Waals surface area contributed by atoms with E-state index in [0.717, 1.165) is 48.0 Å². The van der Waals surface area contributed by atoms with Crippen molar-refractivity contribution in [2.75, 3.05) is 31.3 Å². The molecule has 0 radical (unpaired) electrons. The third-order valence-electron chi connectivity index (χ3n) is 7.31. The second-order valence-electron chi connectivity index (χ2n) is 10.1. The molecular formula is C33H33NO5. The van der Waals surface area contributed by atoms with Gasteiger partial charge >= 0.3 is 0 Å². The van der Waals surface area contributed by atoms with Crippen LogP contribution in [0.25, 0.3) is 0 Å². The Hall–Kier alpha value is -3.87. The van der Waals surface area contributed by atoms with Crippen LogP contribution in [0.5, 0.6) is 5.75 Å². The maximum atomic E-state index is 14.0. The van der Waals surface area contributed by atoms with Gasteiger partial charge in [0.25, 0.3) is 5.91 Å². The smallest absolute Gasteiger partial charge is 0.259 e. The van der Waals surface area contributed by atoms with Gasteiger partial charge in [-0.3, -0.25) is 9.69 Å². The fourth-order valence-corrected chi connectivity index (χ4v) is 5.22. The minimum Gasteiger partial charge on any atom is -0.491 e. The second kappa shape index (κ2) is 11.1. The maximum Gasteiger partial charge on any atom is 0.259 e. The largest absolute Gasteiger partial charge is 0.491 e. The highest BCUT2D eigenvalue weighted by Crippen LogP contribution is 2.49. The number of carbonyl (C=O) groups is 1. The fraction of sp³-hybridized carbons (Fsp3) is 0.303. The topological polar surface area (TPSA) is 63.8 Å². The van der Waals surface area contributed by atoms with Crippen LogP contribution in [0.1, 0.15) is 41.3 Å². The number of nitrogens with zero attached hydrogens (tertiary/aromatic N) is 1. The molecule has 2 saturated heterocycles. The molecule has 6 nitrogen and oxygen atoms in total. The summed E-state index contributed by atoms with van der Waals surface area (Å²) in [6, 6.07) is 26.0. The first-order valence-electron chi connectivity index (χ1n) is 13.6. The van der Waals surface area contributed by atoms with E-state index in [1.807, 2.05) is 71.6 Å². The van der Waals surface area contributed by atoms with Gasteiger partial charge in [0.05, 0.1) is 13.2 Å². The molecular weight excluding hydrogens is 490 g/mol. The van der Waals surface area contributed by atoms with E-state index >= 15 is 0 Å². The number of fused-ring (bicyclic) bond motifs is 1. The number of carbonyl (C=O) groups excluding carboxylic acids is 1. The Morgan fingerprint density at radius 1 is 0.949 bits per heavy atom. The number of allylic oxidation sites excluding steroid dienone is 2. The second-order valence-corrected chi connectivity index (χ2v) is 10.1. The average molecular weight is 524 g/mol. The summed E-state index contributed by atoms with van der Waals surface area (Å²) in [6.07, 6.45) is 8.01. The van der Waals surface area contributed by atoms with Crippen molar-refractivity contribution in [3.05, 3.63) is 120 Å². The van der Waals surface area contributed by atoms with Gasteiger partial charge in [0.1, 0.15) is 42.5 Å². The molecule has 2 fully saturated rings. The molecule has 3 aliphatic rings. The van der Waals surface area contributed by atoms with Crippen molar-refractivity contribution in [3.8, 4) is 5.75 Å². The van der Waals surface area contributed by atoms with Crippen LogP contribution in [-0.4, -0.2) is 44.5 Å². The first-order chi connectivity index (χ1) is 19.2. The van der Waals surface area contributed by atoms with Gasteiger partial charge < -0.3 is 18.9 Å². The predicted octanol–water partition coefficient (Wildman–Crippen LogP) is 6.02.